The molecule has 1 saturated heterocycles. The van der Waals surface area contributed by atoms with E-state index in [0.29, 0.717) is 12.2 Å². The summed E-state index contributed by atoms with van der Waals surface area (Å²) in [4.78, 5) is 0. The van der Waals surface area contributed by atoms with Gasteiger partial charge in [0, 0.05) is 17.4 Å². The molecule has 1 fully saturated rings. The Morgan fingerprint density at radius 1 is 1.47 bits per heavy atom. The molecule has 17 heavy (non-hydrogen) atoms. The van der Waals surface area contributed by atoms with Crippen LogP contribution in [0.25, 0.3) is 0 Å². The highest BCUT2D eigenvalue weighted by atomic mass is 32.2. The minimum absolute atomic E-state index is 0.0157. The minimum atomic E-state index is -0.711. The molecule has 0 aromatic heterocycles. The molecule has 1 unspecified atom stereocenters. The van der Waals surface area contributed by atoms with E-state index in [1.807, 2.05) is 11.8 Å². The lowest BCUT2D eigenvalue weighted by atomic mass is 10.1. The Morgan fingerprint density at radius 2 is 2.24 bits per heavy atom. The second-order valence-corrected chi connectivity index (χ2v) is 6.29. The van der Waals surface area contributed by atoms with Gasteiger partial charge in [-0.25, -0.2) is 8.78 Å². The van der Waals surface area contributed by atoms with Crippen LogP contribution in [0, 0.1) is 11.6 Å². The van der Waals surface area contributed by atoms with Crippen molar-refractivity contribution in [2.24, 2.45) is 0 Å². The van der Waals surface area contributed by atoms with Gasteiger partial charge in [0.1, 0.15) is 5.82 Å². The van der Waals surface area contributed by atoms with Gasteiger partial charge >= 0.3 is 0 Å². The quantitative estimate of drug-likeness (QED) is 0.817. The maximum absolute atomic E-state index is 13.2. The number of benzene rings is 1. The molecule has 1 atom stereocenters. The summed E-state index contributed by atoms with van der Waals surface area (Å²) in [6, 6.07) is 2.04. The van der Waals surface area contributed by atoms with E-state index in [-0.39, 0.29) is 10.4 Å². The number of hydrogen-bond acceptors (Lipinski definition) is 3. The van der Waals surface area contributed by atoms with Crippen molar-refractivity contribution in [2.75, 3.05) is 23.3 Å². The third-order valence-electron chi connectivity index (χ3n) is 3.05. The molecule has 0 aliphatic carbocycles. The van der Waals surface area contributed by atoms with Gasteiger partial charge < -0.3 is 11.1 Å². The molecule has 0 spiro atoms. The molecule has 94 valence electrons. The van der Waals surface area contributed by atoms with Crippen molar-refractivity contribution in [3.8, 4) is 0 Å². The SMILES string of the molecule is CC1(CNc2cc(F)cc(F)c2N)CCCS1. The molecule has 1 aliphatic heterocycles. The van der Waals surface area contributed by atoms with E-state index in [9.17, 15) is 8.78 Å². The van der Waals surface area contributed by atoms with Crippen LogP contribution in [0.5, 0.6) is 0 Å². The van der Waals surface area contributed by atoms with Gasteiger partial charge in [-0.1, -0.05) is 0 Å². The number of halogens is 2. The van der Waals surface area contributed by atoms with Crippen LogP contribution in [0.4, 0.5) is 20.2 Å². The van der Waals surface area contributed by atoms with E-state index in [2.05, 4.69) is 12.2 Å². The van der Waals surface area contributed by atoms with Gasteiger partial charge in [0.2, 0.25) is 0 Å². The van der Waals surface area contributed by atoms with Gasteiger partial charge in [-0.3, -0.25) is 0 Å². The van der Waals surface area contributed by atoms with Crippen LogP contribution in [0.15, 0.2) is 12.1 Å². The zero-order chi connectivity index (χ0) is 12.5. The van der Waals surface area contributed by atoms with Crippen molar-refractivity contribution in [2.45, 2.75) is 24.5 Å². The first kappa shape index (κ1) is 12.5. The lowest BCUT2D eigenvalue weighted by Crippen LogP contribution is -2.27. The predicted octanol–water partition coefficient (Wildman–Crippen LogP) is 3.24. The Balaban J connectivity index is 2.08. The number of nitrogens with one attached hydrogen (secondary N) is 1. The topological polar surface area (TPSA) is 38.0 Å². The highest BCUT2D eigenvalue weighted by Gasteiger charge is 2.29. The van der Waals surface area contributed by atoms with Crippen LogP contribution < -0.4 is 11.1 Å². The van der Waals surface area contributed by atoms with Gasteiger partial charge in [0.15, 0.2) is 5.82 Å². The second kappa shape index (κ2) is 4.72. The lowest BCUT2D eigenvalue weighted by molar-refractivity contribution is 0.585. The summed E-state index contributed by atoms with van der Waals surface area (Å²) in [5.74, 6) is -0.175. The van der Waals surface area contributed by atoms with Crippen molar-refractivity contribution in [3.05, 3.63) is 23.8 Å². The van der Waals surface area contributed by atoms with Gasteiger partial charge in [-0.15, -0.1) is 0 Å². The van der Waals surface area contributed by atoms with Crippen molar-refractivity contribution >= 4 is 23.1 Å². The number of thioether (sulfide) groups is 1. The average Bonchev–Trinajstić information content (AvgIpc) is 2.69. The average molecular weight is 258 g/mol. The van der Waals surface area contributed by atoms with E-state index in [4.69, 9.17) is 5.73 Å². The summed E-state index contributed by atoms with van der Waals surface area (Å²) in [6.45, 7) is 2.83. The predicted molar refractivity (Wildman–Crippen MR) is 69.4 cm³/mol. The van der Waals surface area contributed by atoms with Crippen LogP contribution in [0.2, 0.25) is 0 Å². The van der Waals surface area contributed by atoms with Crippen molar-refractivity contribution in [3.63, 3.8) is 0 Å². The van der Waals surface area contributed by atoms with E-state index in [1.165, 1.54) is 12.5 Å². The number of rotatable bonds is 3. The standard InChI is InChI=1S/C12H16F2N2S/c1-12(3-2-4-17-12)7-16-10-6-8(13)5-9(14)11(10)15/h5-6,16H,2-4,7,15H2,1H3. The smallest absolute Gasteiger partial charge is 0.151 e. The lowest BCUT2D eigenvalue weighted by Gasteiger charge is -2.24. The van der Waals surface area contributed by atoms with Crippen molar-refractivity contribution in [1.29, 1.82) is 0 Å². The maximum atomic E-state index is 13.2. The molecular weight excluding hydrogens is 242 g/mol. The third-order valence-corrected chi connectivity index (χ3v) is 4.59. The first-order chi connectivity index (χ1) is 8.00. The first-order valence-corrected chi connectivity index (χ1v) is 6.61. The van der Waals surface area contributed by atoms with Gasteiger partial charge in [0.05, 0.1) is 11.4 Å². The van der Waals surface area contributed by atoms with Crippen LogP contribution in [-0.4, -0.2) is 17.0 Å². The molecule has 2 nitrogen and oxygen atoms in total. The van der Waals surface area contributed by atoms with Crippen LogP contribution in [0.3, 0.4) is 0 Å². The number of hydrogen-bond donors (Lipinski definition) is 2. The van der Waals surface area contributed by atoms with Gasteiger partial charge in [-0.05, 0) is 31.6 Å². The molecule has 1 aromatic carbocycles. The molecular formula is C12H16F2N2S. The molecule has 0 saturated carbocycles. The fourth-order valence-electron chi connectivity index (χ4n) is 1.99. The van der Waals surface area contributed by atoms with Crippen LogP contribution in [-0.2, 0) is 0 Å². The Morgan fingerprint density at radius 3 is 2.88 bits per heavy atom. The Bertz CT molecular complexity index is 417. The number of anilines is 2. The van der Waals surface area contributed by atoms with Crippen LogP contribution >= 0.6 is 11.8 Å². The molecule has 0 amide bonds. The van der Waals surface area contributed by atoms with Gasteiger partial charge in [-0.2, -0.15) is 11.8 Å². The molecule has 3 N–H and O–H groups in total. The van der Waals surface area contributed by atoms with Crippen LogP contribution in [0.1, 0.15) is 19.8 Å². The fourth-order valence-corrected chi connectivity index (χ4v) is 3.23. The number of nitrogen functional groups attached to an aromatic ring is 1. The largest absolute Gasteiger partial charge is 0.395 e. The summed E-state index contributed by atoms with van der Waals surface area (Å²) in [6.07, 6.45) is 2.30. The minimum Gasteiger partial charge on any atom is -0.395 e. The van der Waals surface area contributed by atoms with Crippen molar-refractivity contribution in [1.82, 2.24) is 0 Å². The zero-order valence-corrected chi connectivity index (χ0v) is 10.5. The zero-order valence-electron chi connectivity index (χ0n) is 9.72. The van der Waals surface area contributed by atoms with E-state index in [0.717, 1.165) is 18.2 Å². The van der Waals surface area contributed by atoms with E-state index < -0.39 is 11.6 Å². The Hall–Kier alpha value is -0.970. The fraction of sp³-hybridized carbons (Fsp3) is 0.500. The summed E-state index contributed by atoms with van der Waals surface area (Å²) in [5.41, 5.74) is 5.90. The van der Waals surface area contributed by atoms with Gasteiger partial charge in [0.25, 0.3) is 0 Å². The maximum Gasteiger partial charge on any atom is 0.151 e. The molecule has 1 heterocycles. The first-order valence-electron chi connectivity index (χ1n) is 5.62. The molecule has 5 heteroatoms. The molecule has 0 radical (unpaired) electrons. The van der Waals surface area contributed by atoms with E-state index >= 15 is 0 Å². The van der Waals surface area contributed by atoms with Crippen molar-refractivity contribution < 1.29 is 8.78 Å². The molecule has 0 bridgehead atoms. The summed E-state index contributed by atoms with van der Waals surface area (Å²) in [5, 5.41) is 3.05. The summed E-state index contributed by atoms with van der Waals surface area (Å²) < 4.78 is 26.4. The monoisotopic (exact) mass is 258 g/mol. The van der Waals surface area contributed by atoms with E-state index in [1.54, 1.807) is 0 Å². The molecule has 1 aliphatic rings. The number of nitrogens with two attached hydrogens (primary N) is 1. The molecule has 2 rings (SSSR count). The summed E-state index contributed by atoms with van der Waals surface area (Å²) in [7, 11) is 0. The highest BCUT2D eigenvalue weighted by Crippen LogP contribution is 2.38. The third kappa shape index (κ3) is 2.83. The highest BCUT2D eigenvalue weighted by molar-refractivity contribution is 8.00. The second-order valence-electron chi connectivity index (χ2n) is 4.60. The normalized spacial score (nSPS) is 23.9. The Labute approximate surface area is 104 Å². The molecule has 1 aromatic rings. The summed E-state index contributed by atoms with van der Waals surface area (Å²) >= 11 is 1.89. The Kier molecular flexibility index (Phi) is 3.47.